The van der Waals surface area contributed by atoms with Crippen LogP contribution in [0.25, 0.3) is 0 Å². The van der Waals surface area contributed by atoms with Gasteiger partial charge in [-0.2, -0.15) is 0 Å². The highest BCUT2D eigenvalue weighted by Gasteiger charge is 2.13. The molecule has 3 heteroatoms. The molecule has 3 nitrogen and oxygen atoms in total. The van der Waals surface area contributed by atoms with E-state index in [4.69, 9.17) is 0 Å². The second kappa shape index (κ2) is 6.60. The van der Waals surface area contributed by atoms with E-state index >= 15 is 0 Å². The van der Waals surface area contributed by atoms with E-state index in [1.165, 1.54) is 5.56 Å². The van der Waals surface area contributed by atoms with E-state index in [-0.39, 0.29) is 0 Å². The van der Waals surface area contributed by atoms with Gasteiger partial charge in [0.2, 0.25) is 0 Å². The highest BCUT2D eigenvalue weighted by atomic mass is 15.2. The molecule has 0 saturated heterocycles. The molecule has 0 aromatic carbocycles. The average Bonchev–Trinajstić information content (AvgIpc) is 2.38. The van der Waals surface area contributed by atoms with Gasteiger partial charge in [0.1, 0.15) is 5.82 Å². The van der Waals surface area contributed by atoms with Crippen LogP contribution >= 0.6 is 0 Å². The predicted octanol–water partition coefficient (Wildman–Crippen LogP) is 2.99. The van der Waals surface area contributed by atoms with Gasteiger partial charge in [-0.1, -0.05) is 6.92 Å². The first-order chi connectivity index (χ1) is 8.13. The van der Waals surface area contributed by atoms with E-state index in [0.29, 0.717) is 12.1 Å². The van der Waals surface area contributed by atoms with Crippen LogP contribution < -0.4 is 10.2 Å². The number of rotatable bonds is 6. The molecule has 0 fully saturated rings. The first kappa shape index (κ1) is 14.0. The van der Waals surface area contributed by atoms with Crippen molar-refractivity contribution < 1.29 is 0 Å². The van der Waals surface area contributed by atoms with Crippen molar-refractivity contribution >= 4 is 5.82 Å². The fraction of sp³-hybridized carbons (Fsp3) is 0.643. The molecule has 1 N–H and O–H groups in total. The van der Waals surface area contributed by atoms with Crippen LogP contribution in [-0.2, 0) is 0 Å². The second-order valence-corrected chi connectivity index (χ2v) is 4.50. The van der Waals surface area contributed by atoms with Crippen molar-refractivity contribution in [3.8, 4) is 0 Å². The van der Waals surface area contributed by atoms with Crippen LogP contribution in [-0.4, -0.2) is 24.6 Å². The zero-order chi connectivity index (χ0) is 12.8. The summed E-state index contributed by atoms with van der Waals surface area (Å²) in [6, 6.07) is 5.17. The fourth-order valence-corrected chi connectivity index (χ4v) is 1.95. The summed E-state index contributed by atoms with van der Waals surface area (Å²) < 4.78 is 0. The summed E-state index contributed by atoms with van der Waals surface area (Å²) in [5.74, 6) is 1.08. The zero-order valence-corrected chi connectivity index (χ0v) is 11.7. The molecule has 96 valence electrons. The minimum Gasteiger partial charge on any atom is -0.354 e. The Morgan fingerprint density at radius 2 is 2.06 bits per heavy atom. The van der Waals surface area contributed by atoms with Gasteiger partial charge in [0, 0.05) is 24.8 Å². The van der Waals surface area contributed by atoms with E-state index in [2.05, 4.69) is 55.0 Å². The summed E-state index contributed by atoms with van der Waals surface area (Å²) in [5.41, 5.74) is 1.29. The topological polar surface area (TPSA) is 28.2 Å². The maximum absolute atomic E-state index is 4.49. The Hall–Kier alpha value is -1.09. The van der Waals surface area contributed by atoms with Gasteiger partial charge in [-0.05, 0) is 51.9 Å². The summed E-state index contributed by atoms with van der Waals surface area (Å²) in [6.45, 7) is 9.81. The van der Waals surface area contributed by atoms with E-state index < -0.39 is 0 Å². The molecule has 0 spiro atoms. The molecule has 1 rings (SSSR count). The lowest BCUT2D eigenvalue weighted by Gasteiger charge is -2.29. The highest BCUT2D eigenvalue weighted by molar-refractivity contribution is 5.42. The Morgan fingerprint density at radius 3 is 2.59 bits per heavy atom. The standard InChI is InChI=1S/C14H25N3/c1-6-11(3)17(7-2)14-10-13(8-9-16-14)12(4)15-5/h8-12,15H,6-7H2,1-5H3. The van der Waals surface area contributed by atoms with Crippen LogP contribution in [0, 0.1) is 0 Å². The molecule has 2 unspecified atom stereocenters. The molecule has 1 aromatic heterocycles. The number of pyridine rings is 1. The Bertz CT molecular complexity index is 338. The summed E-state index contributed by atoms with van der Waals surface area (Å²) in [6.07, 6.45) is 3.05. The van der Waals surface area contributed by atoms with Gasteiger partial charge in [-0.25, -0.2) is 4.98 Å². The van der Waals surface area contributed by atoms with E-state index in [0.717, 1.165) is 18.8 Å². The molecule has 17 heavy (non-hydrogen) atoms. The number of aromatic nitrogens is 1. The molecule has 1 heterocycles. The molecule has 0 radical (unpaired) electrons. The van der Waals surface area contributed by atoms with E-state index in [1.54, 1.807) is 0 Å². The lowest BCUT2D eigenvalue weighted by molar-refractivity contribution is 0.618. The van der Waals surface area contributed by atoms with Crippen molar-refractivity contribution in [2.45, 2.75) is 46.2 Å². The largest absolute Gasteiger partial charge is 0.354 e. The number of nitrogens with zero attached hydrogens (tertiary/aromatic N) is 2. The van der Waals surface area contributed by atoms with Crippen molar-refractivity contribution in [1.82, 2.24) is 10.3 Å². The monoisotopic (exact) mass is 235 g/mol. The predicted molar refractivity (Wildman–Crippen MR) is 74.5 cm³/mol. The van der Waals surface area contributed by atoms with Crippen molar-refractivity contribution in [2.24, 2.45) is 0 Å². The highest BCUT2D eigenvalue weighted by Crippen LogP contribution is 2.20. The molecule has 0 bridgehead atoms. The van der Waals surface area contributed by atoms with Crippen LogP contribution in [0.15, 0.2) is 18.3 Å². The smallest absolute Gasteiger partial charge is 0.129 e. The van der Waals surface area contributed by atoms with Gasteiger partial charge in [-0.3, -0.25) is 0 Å². The molecular weight excluding hydrogens is 210 g/mol. The van der Waals surface area contributed by atoms with Crippen molar-refractivity contribution in [3.05, 3.63) is 23.9 Å². The number of hydrogen-bond acceptors (Lipinski definition) is 3. The normalized spacial score (nSPS) is 14.4. The van der Waals surface area contributed by atoms with Gasteiger partial charge < -0.3 is 10.2 Å². The first-order valence-corrected chi connectivity index (χ1v) is 6.53. The maximum atomic E-state index is 4.49. The van der Waals surface area contributed by atoms with Gasteiger partial charge in [-0.15, -0.1) is 0 Å². The first-order valence-electron chi connectivity index (χ1n) is 6.53. The Balaban J connectivity index is 2.96. The molecule has 0 aliphatic carbocycles. The quantitative estimate of drug-likeness (QED) is 0.821. The molecule has 0 aliphatic heterocycles. The van der Waals surface area contributed by atoms with Crippen LogP contribution in [0.3, 0.4) is 0 Å². The minimum atomic E-state index is 0.368. The summed E-state index contributed by atoms with van der Waals surface area (Å²) in [4.78, 5) is 6.85. The molecule has 2 atom stereocenters. The third-order valence-electron chi connectivity index (χ3n) is 3.46. The van der Waals surface area contributed by atoms with Crippen molar-refractivity contribution in [2.75, 3.05) is 18.5 Å². The lowest BCUT2D eigenvalue weighted by Crippen LogP contribution is -2.33. The summed E-state index contributed by atoms with van der Waals surface area (Å²) in [5, 5.41) is 3.26. The van der Waals surface area contributed by atoms with Gasteiger partial charge in [0.15, 0.2) is 0 Å². The number of anilines is 1. The lowest BCUT2D eigenvalue weighted by atomic mass is 10.1. The SMILES string of the molecule is CCC(C)N(CC)c1cc(C(C)NC)ccn1. The Morgan fingerprint density at radius 1 is 1.35 bits per heavy atom. The van der Waals surface area contributed by atoms with E-state index in [1.807, 2.05) is 13.2 Å². The minimum absolute atomic E-state index is 0.368. The maximum Gasteiger partial charge on any atom is 0.129 e. The average molecular weight is 235 g/mol. The van der Waals surface area contributed by atoms with Gasteiger partial charge in [0.05, 0.1) is 0 Å². The van der Waals surface area contributed by atoms with Crippen LogP contribution in [0.4, 0.5) is 5.82 Å². The Kier molecular flexibility index (Phi) is 5.42. The molecular formula is C14H25N3. The molecule has 1 aromatic rings. The van der Waals surface area contributed by atoms with Crippen LogP contribution in [0.1, 0.15) is 45.7 Å². The number of nitrogens with one attached hydrogen (secondary N) is 1. The molecule has 0 saturated carbocycles. The van der Waals surface area contributed by atoms with Gasteiger partial charge in [0.25, 0.3) is 0 Å². The van der Waals surface area contributed by atoms with E-state index in [9.17, 15) is 0 Å². The zero-order valence-electron chi connectivity index (χ0n) is 11.7. The third-order valence-corrected chi connectivity index (χ3v) is 3.46. The summed E-state index contributed by atoms with van der Waals surface area (Å²) >= 11 is 0. The van der Waals surface area contributed by atoms with Crippen LogP contribution in [0.5, 0.6) is 0 Å². The molecule has 0 aliphatic rings. The molecule has 0 amide bonds. The van der Waals surface area contributed by atoms with Crippen molar-refractivity contribution in [3.63, 3.8) is 0 Å². The summed E-state index contributed by atoms with van der Waals surface area (Å²) in [7, 11) is 1.98. The fourth-order valence-electron chi connectivity index (χ4n) is 1.95. The Labute approximate surface area is 105 Å². The third kappa shape index (κ3) is 3.43. The second-order valence-electron chi connectivity index (χ2n) is 4.50. The van der Waals surface area contributed by atoms with Crippen molar-refractivity contribution in [1.29, 1.82) is 0 Å². The van der Waals surface area contributed by atoms with Crippen LogP contribution in [0.2, 0.25) is 0 Å². The van der Waals surface area contributed by atoms with Gasteiger partial charge >= 0.3 is 0 Å². The number of hydrogen-bond donors (Lipinski definition) is 1.